The first-order chi connectivity index (χ1) is 14.3. The molecular formula is C20H20F3N3O4. The van der Waals surface area contributed by atoms with E-state index in [1.807, 2.05) is 4.90 Å². The van der Waals surface area contributed by atoms with Gasteiger partial charge in [0.1, 0.15) is 5.69 Å². The molecule has 1 aromatic carbocycles. The van der Waals surface area contributed by atoms with E-state index >= 15 is 8.78 Å². The SMILES string of the molecule is C=CCN1CCN(c2c(F)c(F)c3c(=O)c(OC(=O)O)cn(C4CC4)c3c2F)CC1. The van der Waals surface area contributed by atoms with Gasteiger partial charge >= 0.3 is 6.16 Å². The van der Waals surface area contributed by atoms with Gasteiger partial charge in [0.2, 0.25) is 5.43 Å². The highest BCUT2D eigenvalue weighted by Gasteiger charge is 2.34. The highest BCUT2D eigenvalue weighted by atomic mass is 19.2. The zero-order valence-corrected chi connectivity index (χ0v) is 16.0. The second-order valence-corrected chi connectivity index (χ2v) is 7.42. The van der Waals surface area contributed by atoms with Crippen molar-refractivity contribution in [2.75, 3.05) is 37.6 Å². The zero-order chi connectivity index (χ0) is 21.6. The van der Waals surface area contributed by atoms with E-state index in [-0.39, 0.29) is 24.6 Å². The fraction of sp³-hybridized carbons (Fsp3) is 0.400. The Morgan fingerprint density at radius 3 is 2.40 bits per heavy atom. The number of ether oxygens (including phenoxy) is 1. The summed E-state index contributed by atoms with van der Waals surface area (Å²) in [6.45, 7) is 5.90. The van der Waals surface area contributed by atoms with Crippen LogP contribution in [0.4, 0.5) is 23.7 Å². The maximum absolute atomic E-state index is 15.6. The van der Waals surface area contributed by atoms with Gasteiger partial charge in [-0.2, -0.15) is 0 Å². The average Bonchev–Trinajstić information content (AvgIpc) is 3.54. The maximum Gasteiger partial charge on any atom is 0.511 e. The zero-order valence-electron chi connectivity index (χ0n) is 16.0. The number of pyridine rings is 1. The third kappa shape index (κ3) is 3.41. The molecule has 2 aliphatic rings. The molecule has 1 aliphatic carbocycles. The number of benzene rings is 1. The number of hydrogen-bond acceptors (Lipinski definition) is 5. The summed E-state index contributed by atoms with van der Waals surface area (Å²) in [5.74, 6) is -4.70. The van der Waals surface area contributed by atoms with Gasteiger partial charge in [0.05, 0.1) is 17.1 Å². The summed E-state index contributed by atoms with van der Waals surface area (Å²) in [4.78, 5) is 26.9. The fourth-order valence-electron chi connectivity index (χ4n) is 3.88. The Balaban J connectivity index is 1.89. The molecule has 2 fully saturated rings. The molecule has 1 N–H and O–H groups in total. The van der Waals surface area contributed by atoms with Crippen LogP contribution in [0.15, 0.2) is 23.6 Å². The second kappa shape index (κ2) is 7.67. The Morgan fingerprint density at radius 2 is 1.83 bits per heavy atom. The molecule has 0 bridgehead atoms. The van der Waals surface area contributed by atoms with Gasteiger partial charge in [-0.25, -0.2) is 18.0 Å². The van der Waals surface area contributed by atoms with Crippen molar-refractivity contribution in [3.8, 4) is 5.75 Å². The van der Waals surface area contributed by atoms with Gasteiger partial charge in [0.15, 0.2) is 23.2 Å². The van der Waals surface area contributed by atoms with Crippen LogP contribution in [0.5, 0.6) is 5.75 Å². The molecular weight excluding hydrogens is 403 g/mol. The van der Waals surface area contributed by atoms with Crippen LogP contribution in [0.2, 0.25) is 0 Å². The van der Waals surface area contributed by atoms with Crippen LogP contribution in [0.1, 0.15) is 18.9 Å². The molecule has 7 nitrogen and oxygen atoms in total. The highest BCUT2D eigenvalue weighted by molar-refractivity contribution is 5.86. The van der Waals surface area contributed by atoms with E-state index in [0.717, 1.165) is 6.20 Å². The first-order valence-corrected chi connectivity index (χ1v) is 9.57. The Bertz CT molecular complexity index is 1090. The van der Waals surface area contributed by atoms with Crippen LogP contribution in [-0.2, 0) is 0 Å². The lowest BCUT2D eigenvalue weighted by molar-refractivity contribution is 0.143. The Hall–Kier alpha value is -3.01. The predicted octanol–water partition coefficient (Wildman–Crippen LogP) is 3.12. The summed E-state index contributed by atoms with van der Waals surface area (Å²) in [7, 11) is 0. The third-order valence-corrected chi connectivity index (χ3v) is 5.45. The molecule has 0 amide bonds. The molecule has 30 heavy (non-hydrogen) atoms. The van der Waals surface area contributed by atoms with E-state index in [1.165, 1.54) is 9.47 Å². The molecule has 1 aliphatic heterocycles. The number of piperazine rings is 1. The molecule has 1 saturated carbocycles. The van der Waals surface area contributed by atoms with E-state index < -0.39 is 45.9 Å². The highest BCUT2D eigenvalue weighted by Crippen LogP contribution is 2.41. The molecule has 1 aromatic heterocycles. The summed E-state index contributed by atoms with van der Waals surface area (Å²) in [6.07, 6.45) is 2.29. The van der Waals surface area contributed by atoms with Crippen molar-refractivity contribution in [3.63, 3.8) is 0 Å². The number of hydrogen-bond donors (Lipinski definition) is 1. The molecule has 160 valence electrons. The number of aromatic nitrogens is 1. The molecule has 1 saturated heterocycles. The van der Waals surface area contributed by atoms with Gasteiger partial charge in [-0.15, -0.1) is 6.58 Å². The third-order valence-electron chi connectivity index (χ3n) is 5.45. The minimum atomic E-state index is -1.77. The van der Waals surface area contributed by atoms with E-state index in [2.05, 4.69) is 11.3 Å². The largest absolute Gasteiger partial charge is 0.511 e. The maximum atomic E-state index is 15.6. The molecule has 2 heterocycles. The topological polar surface area (TPSA) is 75.0 Å². The molecule has 0 spiro atoms. The van der Waals surface area contributed by atoms with Crippen LogP contribution in [0.3, 0.4) is 0 Å². The summed E-state index contributed by atoms with van der Waals surface area (Å²) in [6, 6.07) is -0.249. The summed E-state index contributed by atoms with van der Waals surface area (Å²) in [5, 5.41) is 7.99. The predicted molar refractivity (Wildman–Crippen MR) is 104 cm³/mol. The van der Waals surface area contributed by atoms with Gasteiger partial charge < -0.3 is 19.3 Å². The molecule has 0 radical (unpaired) electrons. The van der Waals surface area contributed by atoms with Crippen molar-refractivity contribution in [2.45, 2.75) is 18.9 Å². The van der Waals surface area contributed by atoms with Gasteiger partial charge in [0, 0.05) is 38.8 Å². The summed E-state index contributed by atoms with van der Waals surface area (Å²) in [5.41, 5.74) is -2.09. The van der Waals surface area contributed by atoms with Crippen LogP contribution < -0.4 is 15.1 Å². The van der Waals surface area contributed by atoms with E-state index in [1.54, 1.807) is 6.08 Å². The number of nitrogens with zero attached hydrogens (tertiary/aromatic N) is 3. The molecule has 2 aromatic rings. The molecule has 0 unspecified atom stereocenters. The van der Waals surface area contributed by atoms with Crippen LogP contribution in [0.25, 0.3) is 10.9 Å². The average molecular weight is 423 g/mol. The van der Waals surface area contributed by atoms with Crippen LogP contribution >= 0.6 is 0 Å². The Morgan fingerprint density at radius 1 is 1.17 bits per heavy atom. The second-order valence-electron chi connectivity index (χ2n) is 7.42. The van der Waals surface area contributed by atoms with Crippen molar-refractivity contribution in [2.24, 2.45) is 0 Å². The normalized spacial score (nSPS) is 17.4. The number of anilines is 1. The minimum absolute atomic E-state index is 0.249. The van der Waals surface area contributed by atoms with E-state index in [0.29, 0.717) is 32.5 Å². The molecule has 0 atom stereocenters. The summed E-state index contributed by atoms with van der Waals surface area (Å²) >= 11 is 0. The Kier molecular flexibility index (Phi) is 5.19. The van der Waals surface area contributed by atoms with Crippen molar-refractivity contribution in [1.29, 1.82) is 0 Å². The van der Waals surface area contributed by atoms with Crippen molar-refractivity contribution in [3.05, 3.63) is 46.5 Å². The number of rotatable bonds is 5. The van der Waals surface area contributed by atoms with Crippen LogP contribution in [-0.4, -0.2) is 53.5 Å². The number of carboxylic acid groups (broad SMARTS) is 1. The fourth-order valence-corrected chi connectivity index (χ4v) is 3.88. The lowest BCUT2D eigenvalue weighted by atomic mass is 10.1. The number of carbonyl (C=O) groups is 1. The van der Waals surface area contributed by atoms with Crippen molar-refractivity contribution >= 4 is 22.7 Å². The summed E-state index contributed by atoms with van der Waals surface area (Å²) < 4.78 is 51.3. The number of halogens is 3. The first kappa shape index (κ1) is 20.3. The van der Waals surface area contributed by atoms with Crippen molar-refractivity contribution < 1.29 is 27.8 Å². The smallest absolute Gasteiger partial charge is 0.449 e. The lowest BCUT2D eigenvalue weighted by Crippen LogP contribution is -2.47. The van der Waals surface area contributed by atoms with E-state index in [9.17, 15) is 14.0 Å². The van der Waals surface area contributed by atoms with Gasteiger partial charge in [-0.3, -0.25) is 9.69 Å². The standard InChI is InChI=1S/C20H20F3N3O4/c1-2-5-24-6-8-25(9-7-24)18-15(22)14(21)13-17(16(18)23)26(11-3-4-11)10-12(19(13)27)30-20(28)29/h2,10-11H,1,3-9H2,(H,28,29). The minimum Gasteiger partial charge on any atom is -0.449 e. The first-order valence-electron chi connectivity index (χ1n) is 9.57. The van der Waals surface area contributed by atoms with Gasteiger partial charge in [0.25, 0.3) is 0 Å². The van der Waals surface area contributed by atoms with Crippen molar-refractivity contribution in [1.82, 2.24) is 9.47 Å². The van der Waals surface area contributed by atoms with Gasteiger partial charge in [-0.1, -0.05) is 6.08 Å². The van der Waals surface area contributed by atoms with E-state index in [4.69, 9.17) is 5.11 Å². The molecule has 4 rings (SSSR count). The lowest BCUT2D eigenvalue weighted by Gasteiger charge is -2.36. The number of fused-ring (bicyclic) bond motifs is 1. The monoisotopic (exact) mass is 423 g/mol. The van der Waals surface area contributed by atoms with Gasteiger partial charge in [-0.05, 0) is 12.8 Å². The quantitative estimate of drug-likeness (QED) is 0.453. The Labute approximate surface area is 169 Å². The van der Waals surface area contributed by atoms with Crippen LogP contribution in [0, 0.1) is 17.5 Å². The molecule has 10 heteroatoms.